The van der Waals surface area contributed by atoms with Crippen LogP contribution in [0.1, 0.15) is 47.6 Å². The predicted molar refractivity (Wildman–Crippen MR) is 103 cm³/mol. The van der Waals surface area contributed by atoms with Crippen molar-refractivity contribution in [3.05, 3.63) is 41.2 Å². The van der Waals surface area contributed by atoms with Gasteiger partial charge in [0.25, 0.3) is 5.91 Å². The van der Waals surface area contributed by atoms with Gasteiger partial charge in [0.1, 0.15) is 13.2 Å². The number of nitrogens with one attached hydrogen (secondary N) is 1. The molecule has 1 atom stereocenters. The van der Waals surface area contributed by atoms with Crippen molar-refractivity contribution in [3.8, 4) is 11.5 Å². The summed E-state index contributed by atoms with van der Waals surface area (Å²) in [5.74, 6) is 0.349. The second kappa shape index (κ2) is 7.22. The minimum Gasteiger partial charge on any atom is -0.486 e. The Kier molecular flexibility index (Phi) is 4.75. The number of hydrogen-bond donors (Lipinski definition) is 1. The first-order valence-electron chi connectivity index (χ1n) is 9.54. The summed E-state index contributed by atoms with van der Waals surface area (Å²) in [7, 11) is 0. The molecule has 0 bridgehead atoms. The van der Waals surface area contributed by atoms with Gasteiger partial charge in [0.05, 0.1) is 5.56 Å². The van der Waals surface area contributed by atoms with E-state index in [0.717, 1.165) is 24.2 Å². The van der Waals surface area contributed by atoms with E-state index in [1.54, 1.807) is 25.1 Å². The summed E-state index contributed by atoms with van der Waals surface area (Å²) in [5, 5.41) is 2.75. The third kappa shape index (κ3) is 3.56. The molecule has 1 aromatic heterocycles. The van der Waals surface area contributed by atoms with Crippen molar-refractivity contribution >= 4 is 17.6 Å². The molecule has 1 N–H and O–H groups in total. The molecule has 0 saturated heterocycles. The van der Waals surface area contributed by atoms with Crippen LogP contribution in [0.2, 0.25) is 0 Å². The summed E-state index contributed by atoms with van der Waals surface area (Å²) in [6, 6.07) is 7.49. The van der Waals surface area contributed by atoms with Crippen molar-refractivity contribution in [2.24, 2.45) is 0 Å². The minimum atomic E-state index is -0.926. The summed E-state index contributed by atoms with van der Waals surface area (Å²) >= 11 is 0. The van der Waals surface area contributed by atoms with Gasteiger partial charge in [-0.25, -0.2) is 4.79 Å². The summed E-state index contributed by atoms with van der Waals surface area (Å²) in [6.07, 6.45) is 1.35. The van der Waals surface area contributed by atoms with Crippen LogP contribution >= 0.6 is 0 Å². The maximum absolute atomic E-state index is 12.6. The van der Waals surface area contributed by atoms with E-state index in [1.807, 2.05) is 19.9 Å². The first kappa shape index (κ1) is 18.4. The molecule has 28 heavy (non-hydrogen) atoms. The van der Waals surface area contributed by atoms with Crippen LogP contribution in [0.25, 0.3) is 0 Å². The van der Waals surface area contributed by atoms with Crippen molar-refractivity contribution in [2.75, 3.05) is 18.5 Å². The molecule has 0 unspecified atom stereocenters. The van der Waals surface area contributed by atoms with Crippen LogP contribution in [-0.2, 0) is 9.53 Å². The van der Waals surface area contributed by atoms with Gasteiger partial charge in [0, 0.05) is 29.2 Å². The van der Waals surface area contributed by atoms with E-state index in [4.69, 9.17) is 14.2 Å². The number of benzene rings is 1. The molecule has 0 spiro atoms. The van der Waals surface area contributed by atoms with Crippen molar-refractivity contribution in [1.29, 1.82) is 0 Å². The lowest BCUT2D eigenvalue weighted by Crippen LogP contribution is -2.30. The average molecular weight is 384 g/mol. The Balaban J connectivity index is 1.40. The first-order valence-corrected chi connectivity index (χ1v) is 9.54. The maximum Gasteiger partial charge on any atom is 0.340 e. The molecule has 1 fully saturated rings. The van der Waals surface area contributed by atoms with E-state index in [2.05, 4.69) is 9.88 Å². The Hall–Kier alpha value is -2.96. The van der Waals surface area contributed by atoms with Gasteiger partial charge >= 0.3 is 5.97 Å². The normalized spacial score (nSPS) is 16.4. The number of amides is 1. The van der Waals surface area contributed by atoms with Crippen molar-refractivity contribution in [3.63, 3.8) is 0 Å². The lowest BCUT2D eigenvalue weighted by atomic mass is 10.2. The molecule has 4 rings (SSSR count). The highest BCUT2D eigenvalue weighted by Gasteiger charge is 2.29. The van der Waals surface area contributed by atoms with Crippen LogP contribution in [0.15, 0.2) is 24.3 Å². The zero-order chi connectivity index (χ0) is 19.8. The van der Waals surface area contributed by atoms with Crippen LogP contribution in [0.5, 0.6) is 11.5 Å². The highest BCUT2D eigenvalue weighted by molar-refractivity contribution is 5.98. The fraction of sp³-hybridized carbons (Fsp3) is 0.429. The number of nitrogens with zero attached hydrogens (tertiary/aromatic N) is 1. The molecule has 0 radical (unpaired) electrons. The molecule has 7 nitrogen and oxygen atoms in total. The molecule has 148 valence electrons. The quantitative estimate of drug-likeness (QED) is 0.800. The summed E-state index contributed by atoms with van der Waals surface area (Å²) in [6.45, 7) is 6.44. The number of aryl methyl sites for hydroxylation is 1. The lowest BCUT2D eigenvalue weighted by Gasteiger charge is -2.19. The number of carbonyl (C=O) groups excluding carboxylic acids is 2. The molecule has 1 aliphatic carbocycles. The van der Waals surface area contributed by atoms with Gasteiger partial charge in [0.2, 0.25) is 0 Å². The number of carbonyl (C=O) groups is 2. The van der Waals surface area contributed by atoms with E-state index < -0.39 is 18.0 Å². The lowest BCUT2D eigenvalue weighted by molar-refractivity contribution is -0.123. The Morgan fingerprint density at radius 3 is 2.57 bits per heavy atom. The molecule has 1 aromatic carbocycles. The predicted octanol–water partition coefficient (Wildman–Crippen LogP) is 3.40. The summed E-state index contributed by atoms with van der Waals surface area (Å²) in [5.41, 5.74) is 3.01. The van der Waals surface area contributed by atoms with E-state index in [0.29, 0.717) is 42.0 Å². The van der Waals surface area contributed by atoms with Crippen LogP contribution in [0.4, 0.5) is 5.69 Å². The molecule has 2 heterocycles. The smallest absolute Gasteiger partial charge is 0.340 e. The molecule has 2 aromatic rings. The highest BCUT2D eigenvalue weighted by atomic mass is 16.6. The van der Waals surface area contributed by atoms with Crippen molar-refractivity contribution in [1.82, 2.24) is 4.57 Å². The molecule has 2 aliphatic rings. The van der Waals surface area contributed by atoms with Crippen LogP contribution in [-0.4, -0.2) is 35.8 Å². The number of hydrogen-bond acceptors (Lipinski definition) is 5. The molecule has 1 aliphatic heterocycles. The standard InChI is InChI=1S/C21H24N2O5/c1-12-10-17(13(2)23(12)16-5-6-16)21(25)28-14(3)20(24)22-15-4-7-18-19(11-15)27-9-8-26-18/h4,7,10-11,14,16H,5-6,8-9H2,1-3H3,(H,22,24)/t14-/m1/s1. The van der Waals surface area contributed by atoms with Gasteiger partial charge < -0.3 is 24.1 Å². The SMILES string of the molecule is Cc1cc(C(=O)O[C@H](C)C(=O)Nc2ccc3c(c2)OCCO3)c(C)n1C1CC1. The van der Waals surface area contributed by atoms with E-state index in [9.17, 15) is 9.59 Å². The van der Waals surface area contributed by atoms with E-state index >= 15 is 0 Å². The third-order valence-electron chi connectivity index (χ3n) is 5.08. The highest BCUT2D eigenvalue weighted by Crippen LogP contribution is 2.38. The minimum absolute atomic E-state index is 0.402. The number of anilines is 1. The van der Waals surface area contributed by atoms with Crippen molar-refractivity contribution in [2.45, 2.75) is 45.8 Å². The van der Waals surface area contributed by atoms with E-state index in [-0.39, 0.29) is 0 Å². The summed E-state index contributed by atoms with van der Waals surface area (Å²) < 4.78 is 18.6. The number of ether oxygens (including phenoxy) is 3. The van der Waals surface area contributed by atoms with E-state index in [1.165, 1.54) is 0 Å². The van der Waals surface area contributed by atoms with Gasteiger partial charge in [-0.15, -0.1) is 0 Å². The zero-order valence-corrected chi connectivity index (χ0v) is 16.3. The summed E-state index contributed by atoms with van der Waals surface area (Å²) in [4.78, 5) is 25.0. The number of rotatable bonds is 5. The number of esters is 1. The topological polar surface area (TPSA) is 78.8 Å². The fourth-order valence-electron chi connectivity index (χ4n) is 3.52. The van der Waals surface area contributed by atoms with Gasteiger partial charge in [-0.1, -0.05) is 0 Å². The molecular weight excluding hydrogens is 360 g/mol. The average Bonchev–Trinajstić information content (AvgIpc) is 3.46. The second-order valence-corrected chi connectivity index (χ2v) is 7.28. The number of fused-ring (bicyclic) bond motifs is 1. The van der Waals surface area contributed by atoms with Gasteiger partial charge in [-0.05, 0) is 51.8 Å². The Bertz CT molecular complexity index is 929. The van der Waals surface area contributed by atoms with Gasteiger partial charge in [-0.3, -0.25) is 4.79 Å². The Morgan fingerprint density at radius 1 is 1.14 bits per heavy atom. The fourth-order valence-corrected chi connectivity index (χ4v) is 3.52. The zero-order valence-electron chi connectivity index (χ0n) is 16.3. The van der Waals surface area contributed by atoms with Gasteiger partial charge in [0.15, 0.2) is 17.6 Å². The molecule has 1 saturated carbocycles. The van der Waals surface area contributed by atoms with Crippen LogP contribution < -0.4 is 14.8 Å². The van der Waals surface area contributed by atoms with Crippen LogP contribution in [0.3, 0.4) is 0 Å². The van der Waals surface area contributed by atoms with Gasteiger partial charge in [-0.2, -0.15) is 0 Å². The Morgan fingerprint density at radius 2 is 1.86 bits per heavy atom. The monoisotopic (exact) mass is 384 g/mol. The Labute approximate surface area is 163 Å². The third-order valence-corrected chi connectivity index (χ3v) is 5.08. The molecule has 1 amide bonds. The molecule has 7 heteroatoms. The van der Waals surface area contributed by atoms with Crippen LogP contribution in [0, 0.1) is 13.8 Å². The molecular formula is C21H24N2O5. The largest absolute Gasteiger partial charge is 0.486 e. The first-order chi connectivity index (χ1) is 13.4. The maximum atomic E-state index is 12.6. The van der Waals surface area contributed by atoms with Crippen molar-refractivity contribution < 1.29 is 23.8 Å². The number of aromatic nitrogens is 1. The second-order valence-electron chi connectivity index (χ2n) is 7.28.